The SMILES string of the molecule is CN1C(=O)COc2cc(Nc3nccc(N)n3)ccc21. The van der Waals surface area contributed by atoms with Crippen molar-refractivity contribution in [2.24, 2.45) is 0 Å². The van der Waals surface area contributed by atoms with Crippen molar-refractivity contribution in [3.05, 3.63) is 30.5 Å². The Morgan fingerprint density at radius 3 is 3.05 bits per heavy atom. The van der Waals surface area contributed by atoms with Crippen LogP contribution in [0, 0.1) is 0 Å². The van der Waals surface area contributed by atoms with Gasteiger partial charge in [0.25, 0.3) is 5.91 Å². The van der Waals surface area contributed by atoms with Crippen molar-refractivity contribution in [3.8, 4) is 5.75 Å². The Bertz CT molecular complexity index is 674. The standard InChI is InChI=1S/C13H13N5O2/c1-18-9-3-2-8(6-10(9)20-7-12(18)19)16-13-15-5-4-11(14)17-13/h2-6H,7H2,1H3,(H3,14,15,16,17). The predicted molar refractivity (Wildman–Crippen MR) is 75.1 cm³/mol. The summed E-state index contributed by atoms with van der Waals surface area (Å²) in [5.74, 6) is 1.37. The minimum atomic E-state index is -0.0719. The van der Waals surface area contributed by atoms with E-state index in [1.807, 2.05) is 6.07 Å². The second kappa shape index (κ2) is 4.69. The number of benzene rings is 1. The van der Waals surface area contributed by atoms with Gasteiger partial charge in [0.05, 0.1) is 5.69 Å². The number of hydrogen-bond donors (Lipinski definition) is 2. The molecular weight excluding hydrogens is 258 g/mol. The molecule has 0 unspecified atom stereocenters. The molecule has 3 rings (SSSR count). The third-order valence-electron chi connectivity index (χ3n) is 2.98. The van der Waals surface area contributed by atoms with Gasteiger partial charge < -0.3 is 20.7 Å². The van der Waals surface area contributed by atoms with Crippen LogP contribution in [0.1, 0.15) is 0 Å². The molecule has 1 aromatic carbocycles. The van der Waals surface area contributed by atoms with Crippen LogP contribution in [0.5, 0.6) is 5.75 Å². The molecule has 1 aromatic heterocycles. The third-order valence-corrected chi connectivity index (χ3v) is 2.98. The number of amides is 1. The van der Waals surface area contributed by atoms with Crippen molar-refractivity contribution in [3.63, 3.8) is 0 Å². The molecule has 1 aliphatic heterocycles. The zero-order valence-electron chi connectivity index (χ0n) is 10.8. The molecule has 0 atom stereocenters. The van der Waals surface area contributed by atoms with Crippen LogP contribution >= 0.6 is 0 Å². The normalized spacial score (nSPS) is 13.7. The Balaban J connectivity index is 1.88. The summed E-state index contributed by atoms with van der Waals surface area (Å²) >= 11 is 0. The van der Waals surface area contributed by atoms with Crippen LogP contribution in [0.25, 0.3) is 0 Å². The van der Waals surface area contributed by atoms with Crippen molar-refractivity contribution in [2.45, 2.75) is 0 Å². The molecule has 20 heavy (non-hydrogen) atoms. The Hall–Kier alpha value is -2.83. The molecule has 0 radical (unpaired) electrons. The van der Waals surface area contributed by atoms with Crippen molar-refractivity contribution < 1.29 is 9.53 Å². The molecule has 0 fully saturated rings. The lowest BCUT2D eigenvalue weighted by molar-refractivity contribution is -0.120. The van der Waals surface area contributed by atoms with Crippen molar-refractivity contribution in [1.29, 1.82) is 0 Å². The molecule has 102 valence electrons. The molecule has 0 saturated heterocycles. The number of nitrogens with zero attached hydrogens (tertiary/aromatic N) is 3. The molecule has 0 saturated carbocycles. The van der Waals surface area contributed by atoms with Gasteiger partial charge in [-0.3, -0.25) is 4.79 Å². The summed E-state index contributed by atoms with van der Waals surface area (Å²) in [6.07, 6.45) is 1.58. The summed E-state index contributed by atoms with van der Waals surface area (Å²) in [7, 11) is 1.72. The second-order valence-electron chi connectivity index (χ2n) is 4.35. The molecule has 1 amide bonds. The van der Waals surface area contributed by atoms with E-state index in [0.29, 0.717) is 17.5 Å². The highest BCUT2D eigenvalue weighted by atomic mass is 16.5. The van der Waals surface area contributed by atoms with Crippen LogP contribution in [0.3, 0.4) is 0 Å². The van der Waals surface area contributed by atoms with E-state index >= 15 is 0 Å². The topological polar surface area (TPSA) is 93.4 Å². The molecule has 0 spiro atoms. The zero-order chi connectivity index (χ0) is 14.1. The van der Waals surface area contributed by atoms with Gasteiger partial charge >= 0.3 is 0 Å². The van der Waals surface area contributed by atoms with E-state index in [0.717, 1.165) is 11.4 Å². The van der Waals surface area contributed by atoms with E-state index in [1.165, 1.54) is 0 Å². The summed E-state index contributed by atoms with van der Waals surface area (Å²) in [5, 5.41) is 3.04. The van der Waals surface area contributed by atoms with Gasteiger partial charge in [0.1, 0.15) is 11.6 Å². The van der Waals surface area contributed by atoms with Gasteiger partial charge in [-0.1, -0.05) is 0 Å². The van der Waals surface area contributed by atoms with Crippen LogP contribution < -0.4 is 20.7 Å². The lowest BCUT2D eigenvalue weighted by Gasteiger charge is -2.26. The van der Waals surface area contributed by atoms with E-state index in [1.54, 1.807) is 36.3 Å². The molecule has 0 bridgehead atoms. The summed E-state index contributed by atoms with van der Waals surface area (Å²) in [4.78, 5) is 21.2. The maximum atomic E-state index is 11.5. The molecular formula is C13H13N5O2. The summed E-state index contributed by atoms with van der Waals surface area (Å²) in [6, 6.07) is 7.04. The number of ether oxygens (including phenoxy) is 1. The smallest absolute Gasteiger partial charge is 0.264 e. The van der Waals surface area contributed by atoms with Gasteiger partial charge in [-0.15, -0.1) is 0 Å². The number of hydrogen-bond acceptors (Lipinski definition) is 6. The molecule has 0 aliphatic carbocycles. The summed E-state index contributed by atoms with van der Waals surface area (Å²) in [5.41, 5.74) is 7.09. The average Bonchev–Trinajstić information content (AvgIpc) is 2.43. The van der Waals surface area contributed by atoms with E-state index in [4.69, 9.17) is 10.5 Å². The molecule has 2 aromatic rings. The second-order valence-corrected chi connectivity index (χ2v) is 4.35. The summed E-state index contributed by atoms with van der Waals surface area (Å²) in [6.45, 7) is 0.0434. The van der Waals surface area contributed by atoms with Gasteiger partial charge in [-0.05, 0) is 18.2 Å². The number of fused-ring (bicyclic) bond motifs is 1. The van der Waals surface area contributed by atoms with Gasteiger partial charge in [0.15, 0.2) is 6.61 Å². The molecule has 7 nitrogen and oxygen atoms in total. The van der Waals surface area contributed by atoms with E-state index < -0.39 is 0 Å². The zero-order valence-corrected chi connectivity index (χ0v) is 10.8. The van der Waals surface area contributed by atoms with Gasteiger partial charge in [0.2, 0.25) is 5.95 Å². The van der Waals surface area contributed by atoms with Crippen LogP contribution in [0.15, 0.2) is 30.5 Å². The highest BCUT2D eigenvalue weighted by Crippen LogP contribution is 2.34. The highest BCUT2D eigenvalue weighted by molar-refractivity contribution is 5.97. The molecule has 1 aliphatic rings. The Morgan fingerprint density at radius 2 is 2.25 bits per heavy atom. The van der Waals surface area contributed by atoms with Gasteiger partial charge in [0, 0.05) is 25.0 Å². The molecule has 3 N–H and O–H groups in total. The number of carbonyl (C=O) groups excluding carboxylic acids is 1. The van der Waals surface area contributed by atoms with Gasteiger partial charge in [-0.2, -0.15) is 4.98 Å². The average molecular weight is 271 g/mol. The summed E-state index contributed by atoms with van der Waals surface area (Å²) < 4.78 is 5.41. The fraction of sp³-hybridized carbons (Fsp3) is 0.154. The van der Waals surface area contributed by atoms with Crippen LogP contribution in [-0.2, 0) is 4.79 Å². The van der Waals surface area contributed by atoms with Crippen molar-refractivity contribution in [2.75, 3.05) is 29.6 Å². The Labute approximate surface area is 115 Å². The predicted octanol–water partition coefficient (Wildman–Crippen LogP) is 1.16. The Morgan fingerprint density at radius 1 is 1.40 bits per heavy atom. The lowest BCUT2D eigenvalue weighted by Crippen LogP contribution is -2.35. The van der Waals surface area contributed by atoms with Crippen LogP contribution in [0.4, 0.5) is 23.1 Å². The number of carbonyl (C=O) groups is 1. The first-order valence-electron chi connectivity index (χ1n) is 6.02. The monoisotopic (exact) mass is 271 g/mol. The van der Waals surface area contributed by atoms with E-state index in [2.05, 4.69) is 15.3 Å². The van der Waals surface area contributed by atoms with Crippen LogP contribution in [-0.4, -0.2) is 29.5 Å². The lowest BCUT2D eigenvalue weighted by atomic mass is 10.2. The number of nitrogens with one attached hydrogen (secondary N) is 1. The number of likely N-dealkylation sites (N-methyl/N-ethyl adjacent to an activating group) is 1. The molecule has 2 heterocycles. The number of nitrogens with two attached hydrogens (primary N) is 1. The number of nitrogen functional groups attached to an aromatic ring is 1. The first-order chi connectivity index (χ1) is 9.63. The number of rotatable bonds is 2. The fourth-order valence-corrected chi connectivity index (χ4v) is 1.92. The van der Waals surface area contributed by atoms with E-state index in [-0.39, 0.29) is 12.5 Å². The maximum Gasteiger partial charge on any atom is 0.264 e. The largest absolute Gasteiger partial charge is 0.481 e. The minimum absolute atomic E-state index is 0.0434. The van der Waals surface area contributed by atoms with E-state index in [9.17, 15) is 4.79 Å². The minimum Gasteiger partial charge on any atom is -0.481 e. The highest BCUT2D eigenvalue weighted by Gasteiger charge is 2.22. The van der Waals surface area contributed by atoms with Gasteiger partial charge in [-0.25, -0.2) is 4.98 Å². The Kier molecular flexibility index (Phi) is 2.86. The third kappa shape index (κ3) is 2.20. The van der Waals surface area contributed by atoms with Crippen molar-refractivity contribution in [1.82, 2.24) is 9.97 Å². The van der Waals surface area contributed by atoms with Crippen LogP contribution in [0.2, 0.25) is 0 Å². The first kappa shape index (κ1) is 12.2. The quantitative estimate of drug-likeness (QED) is 0.851. The maximum absolute atomic E-state index is 11.5. The number of aromatic nitrogens is 2. The molecule has 7 heteroatoms. The number of anilines is 4. The van der Waals surface area contributed by atoms with Crippen molar-refractivity contribution >= 4 is 29.0 Å². The first-order valence-corrected chi connectivity index (χ1v) is 6.02. The fourth-order valence-electron chi connectivity index (χ4n) is 1.92.